The third-order valence-electron chi connectivity index (χ3n) is 4.93. The van der Waals surface area contributed by atoms with Crippen molar-refractivity contribution in [2.45, 2.75) is 25.3 Å². The molecule has 1 unspecified atom stereocenters. The Balaban J connectivity index is 1.73. The van der Waals surface area contributed by atoms with Crippen LogP contribution in [-0.4, -0.2) is 46.1 Å². The SMILES string of the molecule is CC1(C2CC2)COCCN1C(=O)c1ccc2[nH]cnc2c1F. The Labute approximate surface area is 127 Å². The molecule has 0 bridgehead atoms. The fourth-order valence-corrected chi connectivity index (χ4v) is 3.43. The van der Waals surface area contributed by atoms with Crippen molar-refractivity contribution in [2.24, 2.45) is 5.92 Å². The minimum atomic E-state index is -0.548. The lowest BCUT2D eigenvalue weighted by Gasteiger charge is -2.45. The van der Waals surface area contributed by atoms with Gasteiger partial charge in [0.2, 0.25) is 0 Å². The van der Waals surface area contributed by atoms with Gasteiger partial charge in [0, 0.05) is 6.54 Å². The zero-order valence-corrected chi connectivity index (χ0v) is 12.4. The van der Waals surface area contributed by atoms with E-state index in [-0.39, 0.29) is 22.5 Å². The number of hydrogen-bond donors (Lipinski definition) is 1. The number of hydrogen-bond acceptors (Lipinski definition) is 3. The Morgan fingerprint density at radius 2 is 2.32 bits per heavy atom. The van der Waals surface area contributed by atoms with Crippen molar-refractivity contribution in [1.82, 2.24) is 14.9 Å². The highest BCUT2D eigenvalue weighted by atomic mass is 19.1. The van der Waals surface area contributed by atoms with E-state index >= 15 is 0 Å². The molecule has 1 aromatic carbocycles. The lowest BCUT2D eigenvalue weighted by Crippen LogP contribution is -2.58. The number of rotatable bonds is 2. The number of fused-ring (bicyclic) bond motifs is 1. The Hall–Kier alpha value is -1.95. The van der Waals surface area contributed by atoms with E-state index in [1.54, 1.807) is 17.0 Å². The predicted molar refractivity (Wildman–Crippen MR) is 79.0 cm³/mol. The first kappa shape index (κ1) is 13.7. The molecule has 1 aliphatic heterocycles. The first-order valence-corrected chi connectivity index (χ1v) is 7.62. The summed E-state index contributed by atoms with van der Waals surface area (Å²) in [5.41, 5.74) is 0.573. The van der Waals surface area contributed by atoms with E-state index in [0.717, 1.165) is 12.8 Å². The van der Waals surface area contributed by atoms with E-state index in [1.165, 1.54) is 6.33 Å². The maximum Gasteiger partial charge on any atom is 0.257 e. The summed E-state index contributed by atoms with van der Waals surface area (Å²) in [7, 11) is 0. The highest BCUT2D eigenvalue weighted by Gasteiger charge is 2.49. The topological polar surface area (TPSA) is 58.2 Å². The summed E-state index contributed by atoms with van der Waals surface area (Å²) in [6, 6.07) is 3.24. The number of imidazole rings is 1. The Kier molecular flexibility index (Phi) is 2.97. The number of nitrogens with zero attached hydrogens (tertiary/aromatic N) is 2. The first-order valence-electron chi connectivity index (χ1n) is 7.62. The lowest BCUT2D eigenvalue weighted by molar-refractivity contribution is -0.0549. The van der Waals surface area contributed by atoms with Gasteiger partial charge >= 0.3 is 0 Å². The van der Waals surface area contributed by atoms with Crippen molar-refractivity contribution in [3.63, 3.8) is 0 Å². The predicted octanol–water partition coefficient (Wildman–Crippen LogP) is 2.34. The molecule has 4 rings (SSSR count). The number of aromatic amines is 1. The third-order valence-corrected chi connectivity index (χ3v) is 4.93. The zero-order valence-electron chi connectivity index (χ0n) is 12.4. The number of ether oxygens (including phenoxy) is 1. The van der Waals surface area contributed by atoms with E-state index < -0.39 is 5.82 Å². The molecule has 1 saturated carbocycles. The molecule has 5 nitrogen and oxygen atoms in total. The minimum absolute atomic E-state index is 0.0911. The van der Waals surface area contributed by atoms with E-state index in [2.05, 4.69) is 9.97 Å². The van der Waals surface area contributed by atoms with Crippen LogP contribution in [-0.2, 0) is 4.74 Å². The number of nitrogens with one attached hydrogen (secondary N) is 1. The standard InChI is InChI=1S/C16H18FN3O2/c1-16(10-2-3-10)8-22-7-6-20(16)15(21)11-4-5-12-14(13(11)17)19-9-18-12/h4-5,9-10H,2-3,6-8H2,1H3,(H,18,19). The Morgan fingerprint density at radius 3 is 3.09 bits per heavy atom. The van der Waals surface area contributed by atoms with Crippen molar-refractivity contribution in [1.29, 1.82) is 0 Å². The molecule has 2 aliphatic rings. The Morgan fingerprint density at radius 1 is 1.50 bits per heavy atom. The van der Waals surface area contributed by atoms with Gasteiger partial charge in [-0.2, -0.15) is 0 Å². The number of carbonyl (C=O) groups is 1. The number of benzene rings is 1. The number of aromatic nitrogens is 2. The number of carbonyl (C=O) groups excluding carboxylic acids is 1. The quantitative estimate of drug-likeness (QED) is 0.926. The van der Waals surface area contributed by atoms with Crippen LogP contribution in [0.5, 0.6) is 0 Å². The number of H-pyrrole nitrogens is 1. The lowest BCUT2D eigenvalue weighted by atomic mass is 9.92. The van der Waals surface area contributed by atoms with Gasteiger partial charge in [-0.15, -0.1) is 0 Å². The number of amides is 1. The average Bonchev–Trinajstić information content (AvgIpc) is 3.27. The second kappa shape index (κ2) is 4.78. The largest absolute Gasteiger partial charge is 0.377 e. The fraction of sp³-hybridized carbons (Fsp3) is 0.500. The van der Waals surface area contributed by atoms with Crippen LogP contribution in [0.2, 0.25) is 0 Å². The molecule has 116 valence electrons. The number of morpholine rings is 1. The van der Waals surface area contributed by atoms with E-state index in [1.807, 2.05) is 6.92 Å². The Bertz CT molecular complexity index is 740. The molecular formula is C16H18FN3O2. The molecule has 1 atom stereocenters. The van der Waals surface area contributed by atoms with Gasteiger partial charge in [0.05, 0.1) is 36.2 Å². The van der Waals surface area contributed by atoms with Crippen LogP contribution in [0.1, 0.15) is 30.1 Å². The molecule has 0 spiro atoms. The molecule has 22 heavy (non-hydrogen) atoms. The monoisotopic (exact) mass is 303 g/mol. The average molecular weight is 303 g/mol. The summed E-state index contributed by atoms with van der Waals surface area (Å²) < 4.78 is 20.2. The molecule has 2 fully saturated rings. The van der Waals surface area contributed by atoms with Crippen LogP contribution >= 0.6 is 0 Å². The molecule has 1 aromatic heterocycles. The normalized spacial score (nSPS) is 25.6. The van der Waals surface area contributed by atoms with Gasteiger partial charge < -0.3 is 14.6 Å². The van der Waals surface area contributed by atoms with Crippen molar-refractivity contribution in [3.05, 3.63) is 29.8 Å². The van der Waals surface area contributed by atoms with Crippen LogP contribution in [0.4, 0.5) is 4.39 Å². The van der Waals surface area contributed by atoms with Crippen molar-refractivity contribution in [2.75, 3.05) is 19.8 Å². The third kappa shape index (κ3) is 1.94. The summed E-state index contributed by atoms with van der Waals surface area (Å²) in [5, 5.41) is 0. The molecule has 1 N–H and O–H groups in total. The van der Waals surface area contributed by atoms with E-state index in [9.17, 15) is 9.18 Å². The smallest absolute Gasteiger partial charge is 0.257 e. The van der Waals surface area contributed by atoms with Crippen molar-refractivity contribution < 1.29 is 13.9 Å². The second-order valence-electron chi connectivity index (χ2n) is 6.37. The van der Waals surface area contributed by atoms with Crippen LogP contribution < -0.4 is 0 Å². The first-order chi connectivity index (χ1) is 10.6. The summed E-state index contributed by atoms with van der Waals surface area (Å²) in [6.45, 7) is 3.58. The van der Waals surface area contributed by atoms with Gasteiger partial charge in [-0.25, -0.2) is 9.37 Å². The maximum atomic E-state index is 14.6. The van der Waals surface area contributed by atoms with Crippen LogP contribution in [0.15, 0.2) is 18.5 Å². The molecule has 0 radical (unpaired) electrons. The summed E-state index contributed by atoms with van der Waals surface area (Å²) in [5.74, 6) is -0.359. The number of halogens is 1. The molecule has 2 heterocycles. The van der Waals surface area contributed by atoms with E-state index in [4.69, 9.17) is 4.74 Å². The van der Waals surface area contributed by atoms with Crippen LogP contribution in [0, 0.1) is 11.7 Å². The molecule has 2 aromatic rings. The second-order valence-corrected chi connectivity index (χ2v) is 6.37. The van der Waals surface area contributed by atoms with E-state index in [0.29, 0.717) is 31.2 Å². The fourth-order valence-electron chi connectivity index (χ4n) is 3.43. The van der Waals surface area contributed by atoms with Gasteiger partial charge in [0.15, 0.2) is 5.82 Å². The molecule has 1 saturated heterocycles. The van der Waals surface area contributed by atoms with Crippen molar-refractivity contribution >= 4 is 16.9 Å². The molecule has 1 amide bonds. The van der Waals surface area contributed by atoms with Crippen LogP contribution in [0.3, 0.4) is 0 Å². The van der Waals surface area contributed by atoms with Gasteiger partial charge in [-0.05, 0) is 37.8 Å². The summed E-state index contributed by atoms with van der Waals surface area (Å²) >= 11 is 0. The molecule has 6 heteroatoms. The summed E-state index contributed by atoms with van der Waals surface area (Å²) in [4.78, 5) is 21.5. The van der Waals surface area contributed by atoms with Crippen molar-refractivity contribution in [3.8, 4) is 0 Å². The highest BCUT2D eigenvalue weighted by Crippen LogP contribution is 2.44. The van der Waals surface area contributed by atoms with Gasteiger partial charge in [-0.3, -0.25) is 4.79 Å². The maximum absolute atomic E-state index is 14.6. The van der Waals surface area contributed by atoms with Gasteiger partial charge in [-0.1, -0.05) is 0 Å². The zero-order chi connectivity index (χ0) is 15.3. The molecular weight excluding hydrogens is 285 g/mol. The van der Waals surface area contributed by atoms with Gasteiger partial charge in [0.25, 0.3) is 5.91 Å². The van der Waals surface area contributed by atoms with Gasteiger partial charge in [0.1, 0.15) is 5.52 Å². The van der Waals surface area contributed by atoms with Crippen LogP contribution in [0.25, 0.3) is 11.0 Å². The molecule has 1 aliphatic carbocycles. The highest BCUT2D eigenvalue weighted by molar-refractivity contribution is 5.98. The summed E-state index contributed by atoms with van der Waals surface area (Å²) in [6.07, 6.45) is 3.64. The minimum Gasteiger partial charge on any atom is -0.377 e.